The molecule has 2 aliphatic heterocycles. The molecule has 2 N–H and O–H groups in total. The van der Waals surface area contributed by atoms with Gasteiger partial charge in [0.1, 0.15) is 0 Å². The van der Waals surface area contributed by atoms with Crippen molar-refractivity contribution in [1.82, 2.24) is 15.1 Å². The molecule has 1 aromatic heterocycles. The minimum atomic E-state index is -0.886. The Morgan fingerprint density at radius 2 is 1.79 bits per heavy atom. The van der Waals surface area contributed by atoms with E-state index in [2.05, 4.69) is 15.5 Å². The molecule has 2 aliphatic rings. The molecule has 0 unspecified atom stereocenters. The van der Waals surface area contributed by atoms with Crippen molar-refractivity contribution in [3.8, 4) is 0 Å². The zero-order valence-corrected chi connectivity index (χ0v) is 20.9. The number of hydrogen-bond donors (Lipinski definition) is 2. The highest BCUT2D eigenvalue weighted by molar-refractivity contribution is 6.02. The normalized spacial score (nSPS) is 19.7. The van der Waals surface area contributed by atoms with Crippen LogP contribution in [-0.4, -0.2) is 73.1 Å². The van der Waals surface area contributed by atoms with Crippen molar-refractivity contribution in [2.24, 2.45) is 0 Å². The van der Waals surface area contributed by atoms with Crippen molar-refractivity contribution >= 4 is 23.6 Å². The second kappa shape index (κ2) is 11.9. The molecule has 38 heavy (non-hydrogen) atoms. The number of ether oxygens (including phenoxy) is 2. The lowest BCUT2D eigenvalue weighted by Gasteiger charge is -2.28. The number of benzene rings is 2. The summed E-state index contributed by atoms with van der Waals surface area (Å²) in [5, 5.41) is 5.78. The largest absolute Gasteiger partial charge is 0.459 e. The number of carbonyl (C=O) groups is 3. The number of morpholine rings is 1. The van der Waals surface area contributed by atoms with Gasteiger partial charge in [-0.1, -0.05) is 42.5 Å². The average molecular weight is 519 g/mol. The standard InChI is InChI=1S/C28H30N4O6/c33-26(23-10-5-15-37-23)30-22-9-4-8-21(18-22)25-24(27(34)29-11-12-31-13-16-36-17-14-31)32(28(35)38-25)19-20-6-2-1-3-7-20/h1-10,15,18,24-25H,11-14,16-17,19H2,(H,29,34)(H,30,33)/t24-,25+/m1/s1. The van der Waals surface area contributed by atoms with Crippen LogP contribution in [0.3, 0.4) is 0 Å². The Bertz CT molecular complexity index is 1240. The summed E-state index contributed by atoms with van der Waals surface area (Å²) in [5.41, 5.74) is 1.98. The highest BCUT2D eigenvalue weighted by Crippen LogP contribution is 2.35. The molecule has 198 valence electrons. The third kappa shape index (κ3) is 6.04. The molecular formula is C28H30N4O6. The Balaban J connectivity index is 1.34. The van der Waals surface area contributed by atoms with Crippen molar-refractivity contribution in [3.05, 3.63) is 89.9 Å². The van der Waals surface area contributed by atoms with Crippen molar-refractivity contribution in [3.63, 3.8) is 0 Å². The van der Waals surface area contributed by atoms with Crippen LogP contribution in [0.2, 0.25) is 0 Å². The first-order valence-corrected chi connectivity index (χ1v) is 12.6. The number of furan rings is 1. The van der Waals surface area contributed by atoms with Gasteiger partial charge in [0, 0.05) is 31.9 Å². The predicted octanol–water partition coefficient (Wildman–Crippen LogP) is 3.04. The molecule has 0 aliphatic carbocycles. The fourth-order valence-electron chi connectivity index (χ4n) is 4.65. The van der Waals surface area contributed by atoms with Crippen LogP contribution in [0.4, 0.5) is 10.5 Å². The molecule has 0 saturated carbocycles. The molecule has 2 saturated heterocycles. The van der Waals surface area contributed by atoms with Crippen LogP contribution in [0.5, 0.6) is 0 Å². The van der Waals surface area contributed by atoms with E-state index in [0.29, 0.717) is 37.6 Å². The summed E-state index contributed by atoms with van der Waals surface area (Å²) in [4.78, 5) is 42.7. The number of nitrogens with zero attached hydrogens (tertiary/aromatic N) is 2. The zero-order valence-electron chi connectivity index (χ0n) is 20.9. The van der Waals surface area contributed by atoms with Crippen LogP contribution in [0, 0.1) is 0 Å². The fraction of sp³-hybridized carbons (Fsp3) is 0.321. The molecule has 3 amide bonds. The number of anilines is 1. The minimum absolute atomic E-state index is 0.175. The maximum atomic E-state index is 13.5. The molecule has 5 rings (SSSR count). The maximum absolute atomic E-state index is 13.5. The SMILES string of the molecule is O=C(Nc1cccc([C@@H]2OC(=O)N(Cc3ccccc3)[C@H]2C(=O)NCCN2CCOCC2)c1)c1ccco1. The van der Waals surface area contributed by atoms with Crippen LogP contribution in [-0.2, 0) is 20.8 Å². The quantitative estimate of drug-likeness (QED) is 0.448. The molecule has 3 heterocycles. The highest BCUT2D eigenvalue weighted by atomic mass is 16.6. The van der Waals surface area contributed by atoms with E-state index in [1.165, 1.54) is 11.2 Å². The van der Waals surface area contributed by atoms with E-state index >= 15 is 0 Å². The van der Waals surface area contributed by atoms with Crippen LogP contribution in [0.25, 0.3) is 0 Å². The lowest BCUT2D eigenvalue weighted by molar-refractivity contribution is -0.126. The summed E-state index contributed by atoms with van der Waals surface area (Å²) >= 11 is 0. The molecule has 2 atom stereocenters. The fourth-order valence-corrected chi connectivity index (χ4v) is 4.65. The van der Waals surface area contributed by atoms with Gasteiger partial charge in [-0.3, -0.25) is 19.4 Å². The third-order valence-electron chi connectivity index (χ3n) is 6.60. The molecule has 10 heteroatoms. The van der Waals surface area contributed by atoms with E-state index in [-0.39, 0.29) is 18.2 Å². The number of cyclic esters (lactones) is 1. The predicted molar refractivity (Wildman–Crippen MR) is 138 cm³/mol. The summed E-state index contributed by atoms with van der Waals surface area (Å²) in [6, 6.07) is 18.7. The minimum Gasteiger partial charge on any atom is -0.459 e. The van der Waals surface area contributed by atoms with Crippen LogP contribution in [0.15, 0.2) is 77.4 Å². The van der Waals surface area contributed by atoms with E-state index in [1.807, 2.05) is 30.3 Å². The summed E-state index contributed by atoms with van der Waals surface area (Å²) in [5.74, 6) is -0.525. The van der Waals surface area contributed by atoms with Gasteiger partial charge in [0.25, 0.3) is 5.91 Å². The Morgan fingerprint density at radius 3 is 2.55 bits per heavy atom. The molecule has 0 radical (unpaired) electrons. The molecule has 0 bridgehead atoms. The monoisotopic (exact) mass is 518 g/mol. The average Bonchev–Trinajstić information content (AvgIpc) is 3.59. The van der Waals surface area contributed by atoms with E-state index < -0.39 is 24.1 Å². The lowest BCUT2D eigenvalue weighted by Crippen LogP contribution is -2.48. The molecule has 3 aromatic rings. The van der Waals surface area contributed by atoms with Gasteiger partial charge in [0.2, 0.25) is 5.91 Å². The van der Waals surface area contributed by atoms with Crippen molar-refractivity contribution in [2.45, 2.75) is 18.7 Å². The van der Waals surface area contributed by atoms with E-state index in [0.717, 1.165) is 18.7 Å². The first-order valence-electron chi connectivity index (χ1n) is 12.6. The number of nitrogens with one attached hydrogen (secondary N) is 2. The Morgan fingerprint density at radius 1 is 0.974 bits per heavy atom. The number of hydrogen-bond acceptors (Lipinski definition) is 7. The van der Waals surface area contributed by atoms with Crippen molar-refractivity contribution < 1.29 is 28.3 Å². The summed E-state index contributed by atoms with van der Waals surface area (Å²) in [7, 11) is 0. The Labute approximate surface area is 220 Å². The van der Waals surface area contributed by atoms with Crippen LogP contribution >= 0.6 is 0 Å². The van der Waals surface area contributed by atoms with Gasteiger partial charge in [-0.25, -0.2) is 4.79 Å². The van der Waals surface area contributed by atoms with Gasteiger partial charge < -0.3 is 24.5 Å². The van der Waals surface area contributed by atoms with Gasteiger partial charge in [0.15, 0.2) is 17.9 Å². The van der Waals surface area contributed by atoms with Gasteiger partial charge in [-0.05, 0) is 35.4 Å². The summed E-state index contributed by atoms with van der Waals surface area (Å²) in [6.07, 6.45) is -0.000305. The van der Waals surface area contributed by atoms with Crippen molar-refractivity contribution in [2.75, 3.05) is 44.7 Å². The number of carbonyl (C=O) groups excluding carboxylic acids is 3. The zero-order chi connectivity index (χ0) is 26.3. The maximum Gasteiger partial charge on any atom is 0.411 e. The molecular weight excluding hydrogens is 488 g/mol. The summed E-state index contributed by atoms with van der Waals surface area (Å²) in [6.45, 7) is 4.35. The first-order chi connectivity index (χ1) is 18.6. The summed E-state index contributed by atoms with van der Waals surface area (Å²) < 4.78 is 16.3. The van der Waals surface area contributed by atoms with Gasteiger partial charge >= 0.3 is 6.09 Å². The highest BCUT2D eigenvalue weighted by Gasteiger charge is 2.47. The lowest BCUT2D eigenvalue weighted by atomic mass is 10.00. The van der Waals surface area contributed by atoms with E-state index in [1.54, 1.807) is 36.4 Å². The number of amides is 3. The first kappa shape index (κ1) is 25.5. The van der Waals surface area contributed by atoms with E-state index in [4.69, 9.17) is 13.9 Å². The Hall–Kier alpha value is -4.15. The topological polar surface area (TPSA) is 113 Å². The molecule has 0 spiro atoms. The van der Waals surface area contributed by atoms with Gasteiger partial charge in [-0.15, -0.1) is 0 Å². The second-order valence-corrected chi connectivity index (χ2v) is 9.16. The molecule has 2 fully saturated rings. The smallest absolute Gasteiger partial charge is 0.411 e. The molecule has 2 aromatic carbocycles. The van der Waals surface area contributed by atoms with Crippen molar-refractivity contribution in [1.29, 1.82) is 0 Å². The second-order valence-electron chi connectivity index (χ2n) is 9.16. The van der Waals surface area contributed by atoms with E-state index in [9.17, 15) is 14.4 Å². The van der Waals surface area contributed by atoms with Gasteiger partial charge in [-0.2, -0.15) is 0 Å². The molecule has 10 nitrogen and oxygen atoms in total. The van der Waals surface area contributed by atoms with Crippen LogP contribution < -0.4 is 10.6 Å². The Kier molecular flexibility index (Phi) is 8.01. The van der Waals surface area contributed by atoms with Gasteiger partial charge in [0.05, 0.1) is 26.0 Å². The number of rotatable bonds is 9. The third-order valence-corrected chi connectivity index (χ3v) is 6.60. The van der Waals surface area contributed by atoms with Crippen LogP contribution in [0.1, 0.15) is 27.8 Å².